The second kappa shape index (κ2) is 8.73. The first-order valence-corrected chi connectivity index (χ1v) is 10.3. The van der Waals surface area contributed by atoms with Crippen molar-refractivity contribution in [2.75, 3.05) is 10.6 Å². The van der Waals surface area contributed by atoms with Crippen molar-refractivity contribution in [3.05, 3.63) is 54.4 Å². The Hall–Kier alpha value is -3.46. The lowest BCUT2D eigenvalue weighted by Gasteiger charge is -2.30. The van der Waals surface area contributed by atoms with Crippen molar-refractivity contribution in [2.24, 2.45) is 18.5 Å². The molecule has 31 heavy (non-hydrogen) atoms. The molecule has 1 saturated carbocycles. The van der Waals surface area contributed by atoms with Gasteiger partial charge in [-0.25, -0.2) is 9.37 Å². The van der Waals surface area contributed by atoms with Gasteiger partial charge in [-0.15, -0.1) is 0 Å². The van der Waals surface area contributed by atoms with E-state index in [0.29, 0.717) is 5.69 Å². The minimum atomic E-state index is -0.776. The first-order valence-electron chi connectivity index (χ1n) is 10.3. The van der Waals surface area contributed by atoms with Crippen molar-refractivity contribution >= 4 is 23.2 Å². The maximum atomic E-state index is 14.7. The molecule has 3 aromatic rings. The fourth-order valence-corrected chi connectivity index (χ4v) is 3.86. The average Bonchev–Trinajstić information content (AvgIpc) is 3.18. The molecule has 162 valence electrons. The van der Waals surface area contributed by atoms with E-state index in [4.69, 9.17) is 11.5 Å². The van der Waals surface area contributed by atoms with E-state index in [9.17, 15) is 9.18 Å². The number of halogens is 1. The predicted molar refractivity (Wildman–Crippen MR) is 118 cm³/mol. The first kappa shape index (κ1) is 20.8. The number of primary amides is 1. The molecule has 9 heteroatoms. The van der Waals surface area contributed by atoms with E-state index >= 15 is 0 Å². The van der Waals surface area contributed by atoms with Crippen LogP contribution in [0, 0.1) is 5.82 Å². The highest BCUT2D eigenvalue weighted by Gasteiger charge is 2.24. The summed E-state index contributed by atoms with van der Waals surface area (Å²) in [7, 11) is 1.94. The van der Waals surface area contributed by atoms with Gasteiger partial charge in [0.1, 0.15) is 5.82 Å². The molecule has 0 bridgehead atoms. The van der Waals surface area contributed by atoms with Crippen LogP contribution in [0.4, 0.5) is 21.7 Å². The van der Waals surface area contributed by atoms with E-state index in [1.54, 1.807) is 12.4 Å². The van der Waals surface area contributed by atoms with Gasteiger partial charge in [0.2, 0.25) is 0 Å². The van der Waals surface area contributed by atoms with Crippen LogP contribution in [0.25, 0.3) is 11.1 Å². The van der Waals surface area contributed by atoms with Crippen molar-refractivity contribution in [1.82, 2.24) is 14.5 Å². The Balaban J connectivity index is 1.64. The van der Waals surface area contributed by atoms with Crippen molar-refractivity contribution in [2.45, 2.75) is 37.8 Å². The Labute approximate surface area is 179 Å². The summed E-state index contributed by atoms with van der Waals surface area (Å²) in [6.07, 6.45) is 11.1. The Morgan fingerprint density at radius 3 is 2.71 bits per heavy atom. The smallest absolute Gasteiger partial charge is 0.252 e. The van der Waals surface area contributed by atoms with Crippen molar-refractivity contribution in [3.63, 3.8) is 0 Å². The highest BCUT2D eigenvalue weighted by atomic mass is 19.1. The number of aromatic nitrogens is 3. The summed E-state index contributed by atoms with van der Waals surface area (Å²) in [6.45, 7) is 0. The molecule has 0 saturated heterocycles. The molecule has 1 aliphatic carbocycles. The van der Waals surface area contributed by atoms with Crippen molar-refractivity contribution in [3.8, 4) is 11.1 Å². The Morgan fingerprint density at radius 2 is 2.00 bits per heavy atom. The zero-order valence-electron chi connectivity index (χ0n) is 17.3. The maximum Gasteiger partial charge on any atom is 0.252 e. The summed E-state index contributed by atoms with van der Waals surface area (Å²) in [5.74, 6) is -1.22. The van der Waals surface area contributed by atoms with Crippen LogP contribution >= 0.6 is 0 Å². The lowest BCUT2D eigenvalue weighted by Crippen LogP contribution is -2.43. The number of hydrogen-bond acceptors (Lipinski definition) is 6. The number of carbonyl (C=O) groups excluding carboxylic acids is 1. The number of carbonyl (C=O) groups is 1. The molecule has 0 aromatic carbocycles. The summed E-state index contributed by atoms with van der Waals surface area (Å²) in [5.41, 5.74) is 14.1. The monoisotopic (exact) mass is 423 g/mol. The normalized spacial score (nSPS) is 18.5. The topological polar surface area (TPSA) is 124 Å². The van der Waals surface area contributed by atoms with Gasteiger partial charge >= 0.3 is 0 Å². The number of nitrogens with one attached hydrogen (secondary N) is 2. The fourth-order valence-electron chi connectivity index (χ4n) is 3.86. The number of aryl methyl sites for hydroxylation is 1. The van der Waals surface area contributed by atoms with E-state index < -0.39 is 11.7 Å². The van der Waals surface area contributed by atoms with Crippen LogP contribution in [-0.4, -0.2) is 32.5 Å². The van der Waals surface area contributed by atoms with E-state index in [-0.39, 0.29) is 29.3 Å². The molecule has 0 unspecified atom stereocenters. The number of anilines is 3. The molecule has 0 radical (unpaired) electrons. The van der Waals surface area contributed by atoms with Crippen LogP contribution in [0.5, 0.6) is 0 Å². The lowest BCUT2D eigenvalue weighted by atomic mass is 9.91. The second-order valence-corrected chi connectivity index (χ2v) is 7.93. The van der Waals surface area contributed by atoms with E-state index in [0.717, 1.165) is 42.9 Å². The number of amides is 1. The largest absolute Gasteiger partial charge is 0.365 e. The SMILES string of the molecule is Cn1ccc(-c2cncc(Nc3nc(N[C@@H]4CCCC[C@@H]4N)c(F)cc3C(N)=O)c2)c1. The van der Waals surface area contributed by atoms with Crippen molar-refractivity contribution in [1.29, 1.82) is 0 Å². The minimum Gasteiger partial charge on any atom is -0.365 e. The Bertz CT molecular complexity index is 1100. The highest BCUT2D eigenvalue weighted by molar-refractivity contribution is 5.98. The van der Waals surface area contributed by atoms with Gasteiger partial charge in [-0.3, -0.25) is 9.78 Å². The molecule has 6 N–H and O–H groups in total. The molecule has 1 amide bonds. The molecule has 1 aliphatic rings. The van der Waals surface area contributed by atoms with Crippen LogP contribution in [0.1, 0.15) is 36.0 Å². The van der Waals surface area contributed by atoms with Gasteiger partial charge in [0.15, 0.2) is 11.6 Å². The standard InChI is InChI=1S/C22H26FN7O/c1-30-7-6-13(12-30)14-8-15(11-26-10-14)27-21-16(20(25)31)9-17(23)22(29-21)28-19-5-3-2-4-18(19)24/h6-12,18-19H,2-5,24H2,1H3,(H2,25,31)(H2,27,28,29)/t18-,19+/m0/s1. The molecular weight excluding hydrogens is 397 g/mol. The lowest BCUT2D eigenvalue weighted by molar-refractivity contribution is 0.100. The number of hydrogen-bond donors (Lipinski definition) is 4. The summed E-state index contributed by atoms with van der Waals surface area (Å²) in [6, 6.07) is 4.80. The molecule has 8 nitrogen and oxygen atoms in total. The van der Waals surface area contributed by atoms with Gasteiger partial charge in [0.25, 0.3) is 5.91 Å². The van der Waals surface area contributed by atoms with Crippen LogP contribution in [0.3, 0.4) is 0 Å². The molecule has 3 heterocycles. The molecule has 3 aromatic heterocycles. The third-order valence-electron chi connectivity index (χ3n) is 5.55. The van der Waals surface area contributed by atoms with E-state index in [1.807, 2.05) is 36.1 Å². The molecule has 0 spiro atoms. The Kier molecular flexibility index (Phi) is 5.85. The van der Waals surface area contributed by atoms with Gasteiger partial charge < -0.3 is 26.7 Å². The molecule has 4 rings (SSSR count). The maximum absolute atomic E-state index is 14.7. The van der Waals surface area contributed by atoms with Gasteiger partial charge in [-0.2, -0.15) is 0 Å². The quantitative estimate of drug-likeness (QED) is 0.483. The zero-order chi connectivity index (χ0) is 22.0. The molecule has 0 aliphatic heterocycles. The molecule has 1 fully saturated rings. The second-order valence-electron chi connectivity index (χ2n) is 7.93. The van der Waals surface area contributed by atoms with Gasteiger partial charge in [-0.1, -0.05) is 12.8 Å². The molecular formula is C22H26FN7O. The van der Waals surface area contributed by atoms with Crippen molar-refractivity contribution < 1.29 is 9.18 Å². The third-order valence-corrected chi connectivity index (χ3v) is 5.55. The fraction of sp³-hybridized carbons (Fsp3) is 0.318. The predicted octanol–water partition coefficient (Wildman–Crippen LogP) is 3.15. The number of rotatable bonds is 6. The van der Waals surface area contributed by atoms with Gasteiger partial charge in [-0.05, 0) is 31.0 Å². The van der Waals surface area contributed by atoms with Gasteiger partial charge in [0.05, 0.1) is 17.4 Å². The summed E-state index contributed by atoms with van der Waals surface area (Å²) in [5, 5.41) is 6.18. The third kappa shape index (κ3) is 4.66. The van der Waals surface area contributed by atoms with E-state index in [2.05, 4.69) is 20.6 Å². The number of nitrogens with zero attached hydrogens (tertiary/aromatic N) is 3. The highest BCUT2D eigenvalue weighted by Crippen LogP contribution is 2.28. The number of pyridine rings is 2. The van der Waals surface area contributed by atoms with Crippen LogP contribution in [-0.2, 0) is 7.05 Å². The van der Waals surface area contributed by atoms with E-state index in [1.165, 1.54) is 0 Å². The number of nitrogens with two attached hydrogens (primary N) is 2. The van der Waals surface area contributed by atoms with Gasteiger partial charge in [0, 0.05) is 48.8 Å². The first-order chi connectivity index (χ1) is 14.9. The van der Waals surface area contributed by atoms with Crippen LogP contribution in [0.15, 0.2) is 43.0 Å². The van der Waals surface area contributed by atoms with Crippen LogP contribution in [0.2, 0.25) is 0 Å². The van der Waals surface area contributed by atoms with Crippen LogP contribution < -0.4 is 22.1 Å². The zero-order valence-corrected chi connectivity index (χ0v) is 17.3. The summed E-state index contributed by atoms with van der Waals surface area (Å²) < 4.78 is 16.6. The average molecular weight is 423 g/mol. The minimum absolute atomic E-state index is 0.0406. The molecule has 2 atom stereocenters. The Morgan fingerprint density at radius 1 is 1.19 bits per heavy atom. The summed E-state index contributed by atoms with van der Waals surface area (Å²) in [4.78, 5) is 20.5. The summed E-state index contributed by atoms with van der Waals surface area (Å²) >= 11 is 0.